The van der Waals surface area contributed by atoms with E-state index < -0.39 is 15.9 Å². The van der Waals surface area contributed by atoms with Gasteiger partial charge in [0.05, 0.1) is 10.6 Å². The lowest BCUT2D eigenvalue weighted by Crippen LogP contribution is -2.23. The molecule has 3 aromatic rings. The first-order chi connectivity index (χ1) is 15.3. The van der Waals surface area contributed by atoms with Gasteiger partial charge in [-0.3, -0.25) is 10.1 Å². The van der Waals surface area contributed by atoms with Crippen LogP contribution in [0.4, 0.5) is 10.8 Å². The average molecular weight is 512 g/mol. The van der Waals surface area contributed by atoms with Crippen LogP contribution < -0.4 is 14.9 Å². The van der Waals surface area contributed by atoms with Gasteiger partial charge in [0.1, 0.15) is 0 Å². The minimum absolute atomic E-state index is 0.0383. The number of halogens is 2. The molecule has 2 heterocycles. The molecule has 0 unspecified atom stereocenters. The number of benzene rings is 2. The van der Waals surface area contributed by atoms with Gasteiger partial charge in [0, 0.05) is 30.3 Å². The van der Waals surface area contributed by atoms with Gasteiger partial charge in [-0.05, 0) is 48.7 Å². The Morgan fingerprint density at radius 2 is 1.78 bits per heavy atom. The molecule has 1 fully saturated rings. The van der Waals surface area contributed by atoms with Crippen LogP contribution in [0.5, 0.6) is 0 Å². The van der Waals surface area contributed by atoms with Gasteiger partial charge in [-0.2, -0.15) is 0 Å². The first-order valence-corrected chi connectivity index (χ1v) is 12.8. The fourth-order valence-electron chi connectivity index (χ4n) is 3.25. The van der Waals surface area contributed by atoms with Gasteiger partial charge in [-0.15, -0.1) is 10.2 Å². The topological polar surface area (TPSA) is 104 Å². The molecule has 1 aliphatic heterocycles. The number of carbonyl (C=O) groups is 1. The molecule has 2 N–H and O–H groups in total. The quantitative estimate of drug-likeness (QED) is 0.461. The highest BCUT2D eigenvalue weighted by Crippen LogP contribution is 2.25. The minimum Gasteiger partial charge on any atom is -0.372 e. The molecule has 1 amide bonds. The van der Waals surface area contributed by atoms with Crippen LogP contribution in [0.25, 0.3) is 0 Å². The molecule has 8 nitrogen and oxygen atoms in total. The second-order valence-corrected chi connectivity index (χ2v) is 10.9. The number of aromatic nitrogens is 2. The number of rotatable bonds is 7. The van der Waals surface area contributed by atoms with E-state index in [4.69, 9.17) is 23.2 Å². The van der Waals surface area contributed by atoms with E-state index in [0.717, 1.165) is 35.7 Å². The molecule has 1 saturated heterocycles. The van der Waals surface area contributed by atoms with E-state index in [2.05, 4.69) is 25.1 Å². The molecule has 12 heteroatoms. The molecule has 168 valence electrons. The minimum atomic E-state index is -3.89. The highest BCUT2D eigenvalue weighted by molar-refractivity contribution is 7.91. The Labute approximate surface area is 199 Å². The maximum absolute atomic E-state index is 12.6. The maximum Gasteiger partial charge on any atom is 0.270 e. The molecule has 0 saturated carbocycles. The Bertz CT molecular complexity index is 1230. The van der Waals surface area contributed by atoms with Gasteiger partial charge in [-0.25, -0.2) is 13.1 Å². The summed E-state index contributed by atoms with van der Waals surface area (Å²) in [7, 11) is -3.89. The van der Waals surface area contributed by atoms with Crippen molar-refractivity contribution in [2.24, 2.45) is 0 Å². The van der Waals surface area contributed by atoms with Crippen molar-refractivity contribution in [3.63, 3.8) is 0 Å². The maximum atomic E-state index is 12.6. The number of nitrogens with zero attached hydrogens (tertiary/aromatic N) is 3. The van der Waals surface area contributed by atoms with Crippen LogP contribution in [0.3, 0.4) is 0 Å². The molecule has 0 spiro atoms. The summed E-state index contributed by atoms with van der Waals surface area (Å²) < 4.78 is 27.4. The fraction of sp³-hybridized carbons (Fsp3) is 0.250. The zero-order valence-electron chi connectivity index (χ0n) is 16.7. The van der Waals surface area contributed by atoms with Gasteiger partial charge in [0.15, 0.2) is 0 Å². The van der Waals surface area contributed by atoms with Crippen molar-refractivity contribution < 1.29 is 13.2 Å². The van der Waals surface area contributed by atoms with Crippen molar-refractivity contribution in [2.75, 3.05) is 23.3 Å². The Morgan fingerprint density at radius 3 is 2.47 bits per heavy atom. The first-order valence-electron chi connectivity index (χ1n) is 9.75. The predicted molar refractivity (Wildman–Crippen MR) is 126 cm³/mol. The van der Waals surface area contributed by atoms with Crippen LogP contribution in [-0.4, -0.2) is 37.6 Å². The number of anilines is 2. The van der Waals surface area contributed by atoms with Gasteiger partial charge in [0.2, 0.25) is 9.47 Å². The summed E-state index contributed by atoms with van der Waals surface area (Å²) in [4.78, 5) is 14.7. The third-order valence-corrected chi connectivity index (χ3v) is 8.06. The van der Waals surface area contributed by atoms with Gasteiger partial charge in [-0.1, -0.05) is 46.7 Å². The number of hydrogen-bond donors (Lipinski definition) is 2. The van der Waals surface area contributed by atoms with Crippen molar-refractivity contribution in [3.05, 3.63) is 63.6 Å². The zero-order chi connectivity index (χ0) is 22.7. The number of sulfonamides is 1. The summed E-state index contributed by atoms with van der Waals surface area (Å²) in [6, 6.07) is 12.2. The summed E-state index contributed by atoms with van der Waals surface area (Å²) >= 11 is 12.6. The van der Waals surface area contributed by atoms with Gasteiger partial charge in [0.25, 0.3) is 15.9 Å². The lowest BCUT2D eigenvalue weighted by atomic mass is 10.2. The van der Waals surface area contributed by atoms with Crippen LogP contribution in [0.15, 0.2) is 46.8 Å². The Hall–Kier alpha value is -2.24. The van der Waals surface area contributed by atoms with Gasteiger partial charge < -0.3 is 4.90 Å². The van der Waals surface area contributed by atoms with E-state index in [0.29, 0.717) is 5.02 Å². The third-order valence-electron chi connectivity index (χ3n) is 4.91. The molecule has 4 rings (SSSR count). The van der Waals surface area contributed by atoms with Crippen LogP contribution in [0, 0.1) is 0 Å². The molecule has 32 heavy (non-hydrogen) atoms. The number of hydrogen-bond acceptors (Lipinski definition) is 7. The van der Waals surface area contributed by atoms with Crippen molar-refractivity contribution in [1.29, 1.82) is 0 Å². The predicted octanol–water partition coefficient (Wildman–Crippen LogP) is 4.18. The van der Waals surface area contributed by atoms with Crippen molar-refractivity contribution in [1.82, 2.24) is 14.9 Å². The zero-order valence-corrected chi connectivity index (χ0v) is 19.9. The first kappa shape index (κ1) is 22.9. The van der Waals surface area contributed by atoms with E-state index in [-0.39, 0.29) is 26.6 Å². The monoisotopic (exact) mass is 511 g/mol. The van der Waals surface area contributed by atoms with Gasteiger partial charge >= 0.3 is 0 Å². The highest BCUT2D eigenvalue weighted by Gasteiger charge is 2.22. The van der Waals surface area contributed by atoms with Crippen molar-refractivity contribution in [3.8, 4) is 0 Å². The lowest BCUT2D eigenvalue weighted by molar-refractivity contribution is 0.102. The second-order valence-electron chi connectivity index (χ2n) is 7.14. The summed E-state index contributed by atoms with van der Waals surface area (Å²) in [5.41, 5.74) is 2.15. The Morgan fingerprint density at radius 1 is 1.06 bits per heavy atom. The molecule has 0 radical (unpaired) electrons. The van der Waals surface area contributed by atoms with E-state index in [1.165, 1.54) is 31.0 Å². The molecule has 0 aliphatic carbocycles. The number of amides is 1. The summed E-state index contributed by atoms with van der Waals surface area (Å²) in [6.07, 6.45) is 2.39. The average Bonchev–Trinajstić information content (AvgIpc) is 3.45. The van der Waals surface area contributed by atoms with E-state index >= 15 is 0 Å². The summed E-state index contributed by atoms with van der Waals surface area (Å²) in [5.74, 6) is -0.544. The fourth-order valence-corrected chi connectivity index (χ4v) is 5.69. The molecule has 0 atom stereocenters. The highest BCUT2D eigenvalue weighted by atomic mass is 35.5. The Kier molecular flexibility index (Phi) is 6.96. The van der Waals surface area contributed by atoms with Crippen LogP contribution >= 0.6 is 34.5 Å². The lowest BCUT2D eigenvalue weighted by Gasteiger charge is -2.17. The molecular weight excluding hydrogens is 493 g/mol. The molecular formula is C20H19Cl2N5O3S2. The molecule has 1 aromatic heterocycles. The van der Waals surface area contributed by atoms with E-state index in [1.54, 1.807) is 0 Å². The molecule has 0 bridgehead atoms. The SMILES string of the molecule is O=C(Nc1nnc(S(=O)(=O)NCc2ccc(N3CCCC3)cc2)s1)c1ccc(Cl)cc1Cl. The van der Waals surface area contributed by atoms with Crippen LogP contribution in [0.1, 0.15) is 28.8 Å². The van der Waals surface area contributed by atoms with Crippen LogP contribution in [0.2, 0.25) is 10.0 Å². The van der Waals surface area contributed by atoms with Crippen molar-refractivity contribution >= 4 is 61.3 Å². The van der Waals surface area contributed by atoms with Crippen molar-refractivity contribution in [2.45, 2.75) is 23.7 Å². The molecule has 1 aliphatic rings. The summed E-state index contributed by atoms with van der Waals surface area (Å²) in [5, 5.41) is 10.5. The Balaban J connectivity index is 1.37. The normalized spacial score (nSPS) is 14.0. The third kappa shape index (κ3) is 5.38. The largest absolute Gasteiger partial charge is 0.372 e. The second kappa shape index (κ2) is 9.72. The number of nitrogens with one attached hydrogen (secondary N) is 2. The summed E-state index contributed by atoms with van der Waals surface area (Å²) in [6.45, 7) is 2.21. The number of carbonyl (C=O) groups excluding carboxylic acids is 1. The standard InChI is InChI=1S/C20H19Cl2N5O3S2/c21-14-5-8-16(17(22)11-14)18(28)24-19-25-26-20(31-19)32(29,30)23-12-13-3-6-15(7-4-13)27-9-1-2-10-27/h3-8,11,23H,1-2,9-10,12H2,(H,24,25,28). The van der Waals surface area contributed by atoms with E-state index in [1.807, 2.05) is 24.3 Å². The molecule has 2 aromatic carbocycles. The van der Waals surface area contributed by atoms with E-state index in [9.17, 15) is 13.2 Å². The van der Waals surface area contributed by atoms with Crippen LogP contribution in [-0.2, 0) is 16.6 Å². The smallest absolute Gasteiger partial charge is 0.270 e.